The lowest BCUT2D eigenvalue weighted by Crippen LogP contribution is -2.42. The minimum Gasteiger partial charge on any atom is -0.325 e. The van der Waals surface area contributed by atoms with Gasteiger partial charge < -0.3 is 5.32 Å². The lowest BCUT2D eigenvalue weighted by Gasteiger charge is -2.16. The molecular formula is C6H11N3O4S. The zero-order valence-electron chi connectivity index (χ0n) is 7.77. The zero-order chi connectivity index (χ0) is 10.9. The fourth-order valence-corrected chi connectivity index (χ4v) is 1.40. The lowest BCUT2D eigenvalue weighted by molar-refractivity contribution is -0.120. The number of urea groups is 1. The molecule has 1 rings (SSSR count). The molecule has 0 saturated carbocycles. The van der Waals surface area contributed by atoms with Crippen molar-refractivity contribution in [3.05, 3.63) is 0 Å². The largest absolute Gasteiger partial charge is 0.325 e. The van der Waals surface area contributed by atoms with E-state index in [1.54, 1.807) is 0 Å². The van der Waals surface area contributed by atoms with Gasteiger partial charge in [0.15, 0.2) is 0 Å². The third kappa shape index (κ3) is 2.42. The average Bonchev–Trinajstić information content (AvgIpc) is 2.28. The van der Waals surface area contributed by atoms with Gasteiger partial charge in [0, 0.05) is 13.6 Å². The summed E-state index contributed by atoms with van der Waals surface area (Å²) in [5, 5.41) is 4.31. The van der Waals surface area contributed by atoms with Crippen LogP contribution in [0, 0.1) is 0 Å². The standard InChI is InChI=1S/C6H11N3O4S/c1-9(14(2,12)13)3-4-5(10)8-6(11)7-4/h4H,3H2,1-2H3,(H2,7,8,10,11). The Balaban J connectivity index is 2.62. The maximum absolute atomic E-state index is 11.0. The number of hydrogen-bond acceptors (Lipinski definition) is 4. The van der Waals surface area contributed by atoms with Gasteiger partial charge in [0.25, 0.3) is 5.91 Å². The summed E-state index contributed by atoms with van der Waals surface area (Å²) < 4.78 is 23.0. The number of hydrogen-bond donors (Lipinski definition) is 2. The second kappa shape index (κ2) is 3.54. The van der Waals surface area contributed by atoms with Crippen LogP contribution in [0.4, 0.5) is 4.79 Å². The van der Waals surface area contributed by atoms with Gasteiger partial charge in [-0.1, -0.05) is 0 Å². The van der Waals surface area contributed by atoms with Crippen LogP contribution in [-0.2, 0) is 14.8 Å². The van der Waals surface area contributed by atoms with E-state index >= 15 is 0 Å². The summed E-state index contributed by atoms with van der Waals surface area (Å²) in [5.74, 6) is -0.509. The van der Waals surface area contributed by atoms with Crippen molar-refractivity contribution in [2.45, 2.75) is 6.04 Å². The molecule has 1 unspecified atom stereocenters. The van der Waals surface area contributed by atoms with Gasteiger partial charge in [-0.15, -0.1) is 0 Å². The number of nitrogens with one attached hydrogen (secondary N) is 2. The molecule has 0 aromatic rings. The van der Waals surface area contributed by atoms with Gasteiger partial charge in [0.1, 0.15) is 6.04 Å². The molecule has 1 fully saturated rings. The van der Waals surface area contributed by atoms with Crippen molar-refractivity contribution in [1.29, 1.82) is 0 Å². The summed E-state index contributed by atoms with van der Waals surface area (Å²) in [5.41, 5.74) is 0. The van der Waals surface area contributed by atoms with Crippen molar-refractivity contribution >= 4 is 22.0 Å². The predicted molar refractivity (Wildman–Crippen MR) is 47.9 cm³/mol. The molecule has 1 aliphatic rings. The summed E-state index contributed by atoms with van der Waals surface area (Å²) >= 11 is 0. The molecule has 0 radical (unpaired) electrons. The van der Waals surface area contributed by atoms with E-state index in [0.29, 0.717) is 0 Å². The molecule has 80 valence electrons. The Labute approximate surface area is 81.5 Å². The van der Waals surface area contributed by atoms with E-state index in [1.807, 2.05) is 5.32 Å². The first-order valence-electron chi connectivity index (χ1n) is 3.83. The normalized spacial score (nSPS) is 22.4. The molecule has 14 heavy (non-hydrogen) atoms. The van der Waals surface area contributed by atoms with E-state index in [4.69, 9.17) is 0 Å². The highest BCUT2D eigenvalue weighted by Crippen LogP contribution is 1.99. The van der Waals surface area contributed by atoms with Gasteiger partial charge in [0.2, 0.25) is 10.0 Å². The summed E-state index contributed by atoms with van der Waals surface area (Å²) in [7, 11) is -1.99. The molecule has 8 heteroatoms. The predicted octanol–water partition coefficient (Wildman–Crippen LogP) is -1.91. The number of rotatable bonds is 3. The number of carbonyl (C=O) groups is 2. The van der Waals surface area contributed by atoms with Gasteiger partial charge in [-0.05, 0) is 0 Å². The van der Waals surface area contributed by atoms with Crippen LogP contribution in [0.1, 0.15) is 0 Å². The molecule has 0 aromatic heterocycles. The Morgan fingerprint density at radius 2 is 2.00 bits per heavy atom. The molecule has 0 aromatic carbocycles. The first kappa shape index (κ1) is 10.9. The van der Waals surface area contributed by atoms with Crippen molar-refractivity contribution < 1.29 is 18.0 Å². The van der Waals surface area contributed by atoms with E-state index in [0.717, 1.165) is 10.6 Å². The summed E-state index contributed by atoms with van der Waals surface area (Å²) in [6.07, 6.45) is 1.03. The van der Waals surface area contributed by atoms with Crippen LogP contribution >= 0.6 is 0 Å². The number of nitrogens with zero attached hydrogens (tertiary/aromatic N) is 1. The number of carbonyl (C=O) groups excluding carboxylic acids is 2. The Bertz CT molecular complexity index is 363. The number of imide groups is 1. The van der Waals surface area contributed by atoms with Crippen molar-refractivity contribution in [3.8, 4) is 0 Å². The van der Waals surface area contributed by atoms with Crippen molar-refractivity contribution in [2.24, 2.45) is 0 Å². The highest BCUT2D eigenvalue weighted by Gasteiger charge is 2.31. The molecular weight excluding hydrogens is 210 g/mol. The molecule has 1 aliphatic heterocycles. The third-order valence-electron chi connectivity index (χ3n) is 1.86. The molecule has 1 heterocycles. The third-order valence-corrected chi connectivity index (χ3v) is 3.15. The van der Waals surface area contributed by atoms with Gasteiger partial charge >= 0.3 is 6.03 Å². The zero-order valence-corrected chi connectivity index (χ0v) is 8.59. The highest BCUT2D eigenvalue weighted by atomic mass is 32.2. The van der Waals surface area contributed by atoms with Crippen LogP contribution in [0.25, 0.3) is 0 Å². The van der Waals surface area contributed by atoms with Crippen molar-refractivity contribution in [2.75, 3.05) is 19.8 Å². The fourth-order valence-electron chi connectivity index (χ4n) is 0.980. The second-order valence-electron chi connectivity index (χ2n) is 3.06. The number of sulfonamides is 1. The van der Waals surface area contributed by atoms with Gasteiger partial charge in [0.05, 0.1) is 6.26 Å². The maximum atomic E-state index is 11.0. The van der Waals surface area contributed by atoms with Crippen molar-refractivity contribution in [3.63, 3.8) is 0 Å². The van der Waals surface area contributed by atoms with Crippen LogP contribution < -0.4 is 10.6 Å². The van der Waals surface area contributed by atoms with Crippen LogP contribution in [0.15, 0.2) is 0 Å². The fraction of sp³-hybridized carbons (Fsp3) is 0.667. The van der Waals surface area contributed by atoms with Gasteiger partial charge in [-0.3, -0.25) is 10.1 Å². The first-order chi connectivity index (χ1) is 6.30. The Kier molecular flexibility index (Phi) is 2.76. The molecule has 0 spiro atoms. The van der Waals surface area contributed by atoms with Gasteiger partial charge in [-0.25, -0.2) is 17.5 Å². The second-order valence-corrected chi connectivity index (χ2v) is 5.15. The molecule has 0 aliphatic carbocycles. The molecule has 3 amide bonds. The first-order valence-corrected chi connectivity index (χ1v) is 5.68. The van der Waals surface area contributed by atoms with Crippen LogP contribution in [-0.4, -0.2) is 50.6 Å². The smallest absolute Gasteiger partial charge is 0.322 e. The Morgan fingerprint density at radius 3 is 2.36 bits per heavy atom. The van der Waals surface area contributed by atoms with E-state index in [9.17, 15) is 18.0 Å². The SMILES string of the molecule is CN(CC1NC(=O)NC1=O)S(C)(=O)=O. The van der Waals surface area contributed by atoms with E-state index in [2.05, 4.69) is 5.32 Å². The summed E-state index contributed by atoms with van der Waals surface area (Å²) in [4.78, 5) is 21.7. The number of amides is 3. The minimum atomic E-state index is -3.33. The summed E-state index contributed by atoms with van der Waals surface area (Å²) in [6.45, 7) is -0.0591. The number of likely N-dealkylation sites (N-methyl/N-ethyl adjacent to an activating group) is 1. The highest BCUT2D eigenvalue weighted by molar-refractivity contribution is 7.88. The Morgan fingerprint density at radius 1 is 1.43 bits per heavy atom. The van der Waals surface area contributed by atoms with Crippen LogP contribution in [0.3, 0.4) is 0 Å². The quantitative estimate of drug-likeness (QED) is 0.543. The molecule has 0 bridgehead atoms. The monoisotopic (exact) mass is 221 g/mol. The molecule has 7 nitrogen and oxygen atoms in total. The lowest BCUT2D eigenvalue weighted by atomic mass is 10.3. The van der Waals surface area contributed by atoms with E-state index in [1.165, 1.54) is 7.05 Å². The maximum Gasteiger partial charge on any atom is 0.322 e. The Hall–Kier alpha value is -1.15. The molecule has 2 N–H and O–H groups in total. The average molecular weight is 221 g/mol. The molecule has 1 atom stereocenters. The summed E-state index contributed by atoms with van der Waals surface area (Å²) in [6, 6.07) is -1.40. The topological polar surface area (TPSA) is 95.6 Å². The van der Waals surface area contributed by atoms with Gasteiger partial charge in [-0.2, -0.15) is 0 Å². The van der Waals surface area contributed by atoms with Crippen molar-refractivity contribution in [1.82, 2.24) is 14.9 Å². The molecule has 1 saturated heterocycles. The van der Waals surface area contributed by atoms with E-state index < -0.39 is 28.0 Å². The van der Waals surface area contributed by atoms with Crippen LogP contribution in [0.2, 0.25) is 0 Å². The van der Waals surface area contributed by atoms with E-state index in [-0.39, 0.29) is 6.54 Å². The van der Waals surface area contributed by atoms with Crippen LogP contribution in [0.5, 0.6) is 0 Å². The minimum absolute atomic E-state index is 0.0591.